The molecule has 1 heterocycles. The molecule has 5 nitrogen and oxygen atoms in total. The molecule has 4 aromatic rings. The molecule has 29 heavy (non-hydrogen) atoms. The Balaban J connectivity index is 1.57. The number of rotatable bonds is 7. The molecule has 0 unspecified atom stereocenters. The van der Waals surface area contributed by atoms with Crippen molar-refractivity contribution in [1.29, 1.82) is 0 Å². The van der Waals surface area contributed by atoms with Gasteiger partial charge < -0.3 is 10.2 Å². The number of para-hydroxylation sites is 1. The number of nitrogens with zero attached hydrogens (tertiary/aromatic N) is 4. The van der Waals surface area contributed by atoms with Crippen molar-refractivity contribution in [1.82, 2.24) is 15.2 Å². The highest BCUT2D eigenvalue weighted by Gasteiger charge is 2.14. The van der Waals surface area contributed by atoms with Crippen molar-refractivity contribution in [2.45, 2.75) is 13.1 Å². The Bertz CT molecular complexity index is 1040. The van der Waals surface area contributed by atoms with E-state index < -0.39 is 0 Å². The Morgan fingerprint density at radius 3 is 2.21 bits per heavy atom. The van der Waals surface area contributed by atoms with Crippen LogP contribution < -0.4 is 10.2 Å². The molecule has 144 valence electrons. The van der Waals surface area contributed by atoms with Crippen LogP contribution in [-0.2, 0) is 13.1 Å². The highest BCUT2D eigenvalue weighted by Crippen LogP contribution is 2.24. The largest absolute Gasteiger partial charge is 0.365 e. The Kier molecular flexibility index (Phi) is 5.71. The maximum atomic E-state index is 13.1. The van der Waals surface area contributed by atoms with Gasteiger partial charge in [-0.15, -0.1) is 5.10 Å². The SMILES string of the molecule is Fc1ccc(CNc2cnnc(N(Cc3ccccc3)c3ccccc3)n2)cc1. The summed E-state index contributed by atoms with van der Waals surface area (Å²) in [5.74, 6) is 0.858. The maximum absolute atomic E-state index is 13.1. The second-order valence-electron chi connectivity index (χ2n) is 6.53. The van der Waals surface area contributed by atoms with Crippen molar-refractivity contribution < 1.29 is 4.39 Å². The molecular weight excluding hydrogens is 365 g/mol. The average molecular weight is 385 g/mol. The fraction of sp³-hybridized carbons (Fsp3) is 0.0870. The summed E-state index contributed by atoms with van der Waals surface area (Å²) < 4.78 is 13.1. The van der Waals surface area contributed by atoms with Crippen LogP contribution in [0.25, 0.3) is 0 Å². The van der Waals surface area contributed by atoms with Gasteiger partial charge in [0.25, 0.3) is 5.95 Å². The first kappa shape index (κ1) is 18.6. The highest BCUT2D eigenvalue weighted by atomic mass is 19.1. The standard InChI is InChI=1S/C23H20FN5/c24-20-13-11-18(12-14-20)15-25-22-16-26-28-23(27-22)29(21-9-5-2-6-10-21)17-19-7-3-1-4-8-19/h1-14,16H,15,17H2,(H,25,27,28). The predicted octanol–water partition coefficient (Wildman–Crippen LogP) is 4.96. The quantitative estimate of drug-likeness (QED) is 0.487. The number of anilines is 3. The van der Waals surface area contributed by atoms with Gasteiger partial charge in [-0.25, -0.2) is 4.39 Å². The molecule has 0 aliphatic heterocycles. The van der Waals surface area contributed by atoms with E-state index in [-0.39, 0.29) is 5.82 Å². The molecule has 4 rings (SSSR count). The van der Waals surface area contributed by atoms with Crippen LogP contribution in [0.3, 0.4) is 0 Å². The zero-order chi connectivity index (χ0) is 19.9. The van der Waals surface area contributed by atoms with Gasteiger partial charge in [-0.05, 0) is 35.4 Å². The lowest BCUT2D eigenvalue weighted by Gasteiger charge is -2.22. The molecule has 1 aromatic heterocycles. The van der Waals surface area contributed by atoms with E-state index in [2.05, 4.69) is 32.6 Å². The van der Waals surface area contributed by atoms with Crippen molar-refractivity contribution in [3.8, 4) is 0 Å². The van der Waals surface area contributed by atoms with Crippen molar-refractivity contribution >= 4 is 17.5 Å². The zero-order valence-electron chi connectivity index (χ0n) is 15.7. The van der Waals surface area contributed by atoms with Gasteiger partial charge in [-0.3, -0.25) is 0 Å². The molecule has 0 atom stereocenters. The Labute approximate surface area is 168 Å². The summed E-state index contributed by atoms with van der Waals surface area (Å²) in [6, 6.07) is 26.5. The third-order valence-corrected chi connectivity index (χ3v) is 4.43. The third-order valence-electron chi connectivity index (χ3n) is 4.43. The van der Waals surface area contributed by atoms with Crippen LogP contribution in [0.2, 0.25) is 0 Å². The monoisotopic (exact) mass is 385 g/mol. The van der Waals surface area contributed by atoms with E-state index in [0.717, 1.165) is 16.8 Å². The maximum Gasteiger partial charge on any atom is 0.252 e. The van der Waals surface area contributed by atoms with Gasteiger partial charge in [0, 0.05) is 12.2 Å². The number of halogens is 1. The number of hydrogen-bond donors (Lipinski definition) is 1. The smallest absolute Gasteiger partial charge is 0.252 e. The summed E-state index contributed by atoms with van der Waals surface area (Å²) in [5, 5.41) is 11.6. The minimum absolute atomic E-state index is 0.251. The van der Waals surface area contributed by atoms with E-state index in [9.17, 15) is 4.39 Å². The summed E-state index contributed by atoms with van der Waals surface area (Å²) in [6.07, 6.45) is 1.58. The molecule has 0 fully saturated rings. The van der Waals surface area contributed by atoms with Gasteiger partial charge in [0.1, 0.15) is 5.82 Å². The first-order chi connectivity index (χ1) is 14.3. The van der Waals surface area contributed by atoms with Crippen molar-refractivity contribution in [3.05, 3.63) is 108 Å². The van der Waals surface area contributed by atoms with Gasteiger partial charge in [-0.1, -0.05) is 60.7 Å². The van der Waals surface area contributed by atoms with Crippen LogP contribution in [0, 0.1) is 5.82 Å². The summed E-state index contributed by atoms with van der Waals surface area (Å²) >= 11 is 0. The molecule has 0 amide bonds. The summed E-state index contributed by atoms with van der Waals surface area (Å²) in [6.45, 7) is 1.14. The van der Waals surface area contributed by atoms with Crippen LogP contribution in [0.5, 0.6) is 0 Å². The highest BCUT2D eigenvalue weighted by molar-refractivity contribution is 5.58. The van der Waals surface area contributed by atoms with Crippen LogP contribution >= 0.6 is 0 Å². The topological polar surface area (TPSA) is 53.9 Å². The van der Waals surface area contributed by atoms with E-state index in [4.69, 9.17) is 0 Å². The van der Waals surface area contributed by atoms with E-state index in [1.807, 2.05) is 53.4 Å². The van der Waals surface area contributed by atoms with Gasteiger partial charge in [0.15, 0.2) is 5.82 Å². The Hall–Kier alpha value is -3.80. The molecule has 0 radical (unpaired) electrons. The first-order valence-electron chi connectivity index (χ1n) is 9.32. The lowest BCUT2D eigenvalue weighted by Crippen LogP contribution is -2.20. The second kappa shape index (κ2) is 8.93. The summed E-state index contributed by atoms with van der Waals surface area (Å²) in [7, 11) is 0. The van der Waals surface area contributed by atoms with Gasteiger partial charge >= 0.3 is 0 Å². The van der Waals surface area contributed by atoms with E-state index in [0.29, 0.717) is 24.9 Å². The molecule has 0 bridgehead atoms. The molecule has 0 saturated heterocycles. The number of aromatic nitrogens is 3. The number of benzene rings is 3. The van der Waals surface area contributed by atoms with Crippen LogP contribution in [0.1, 0.15) is 11.1 Å². The molecule has 0 aliphatic rings. The van der Waals surface area contributed by atoms with Crippen molar-refractivity contribution in [2.75, 3.05) is 10.2 Å². The number of nitrogens with one attached hydrogen (secondary N) is 1. The van der Waals surface area contributed by atoms with Gasteiger partial charge in [-0.2, -0.15) is 10.1 Å². The lowest BCUT2D eigenvalue weighted by atomic mass is 10.2. The van der Waals surface area contributed by atoms with E-state index >= 15 is 0 Å². The van der Waals surface area contributed by atoms with Gasteiger partial charge in [0.05, 0.1) is 12.7 Å². The molecule has 3 aromatic carbocycles. The Morgan fingerprint density at radius 1 is 0.793 bits per heavy atom. The fourth-order valence-electron chi connectivity index (χ4n) is 2.94. The van der Waals surface area contributed by atoms with Crippen molar-refractivity contribution in [3.63, 3.8) is 0 Å². The predicted molar refractivity (Wildman–Crippen MR) is 112 cm³/mol. The molecule has 0 spiro atoms. The summed E-state index contributed by atoms with van der Waals surface area (Å²) in [5.41, 5.74) is 3.08. The van der Waals surface area contributed by atoms with E-state index in [1.54, 1.807) is 18.3 Å². The fourth-order valence-corrected chi connectivity index (χ4v) is 2.94. The normalized spacial score (nSPS) is 10.5. The zero-order valence-corrected chi connectivity index (χ0v) is 15.7. The van der Waals surface area contributed by atoms with Crippen LogP contribution in [-0.4, -0.2) is 15.2 Å². The average Bonchev–Trinajstić information content (AvgIpc) is 2.79. The van der Waals surface area contributed by atoms with Crippen molar-refractivity contribution in [2.24, 2.45) is 0 Å². The minimum Gasteiger partial charge on any atom is -0.365 e. The molecular formula is C23H20FN5. The number of hydrogen-bond acceptors (Lipinski definition) is 5. The second-order valence-corrected chi connectivity index (χ2v) is 6.53. The minimum atomic E-state index is -0.251. The van der Waals surface area contributed by atoms with E-state index in [1.165, 1.54) is 12.1 Å². The third kappa shape index (κ3) is 4.93. The molecule has 6 heteroatoms. The first-order valence-corrected chi connectivity index (χ1v) is 9.32. The molecule has 0 aliphatic carbocycles. The van der Waals surface area contributed by atoms with Gasteiger partial charge in [0.2, 0.25) is 0 Å². The molecule has 0 saturated carbocycles. The van der Waals surface area contributed by atoms with Crippen LogP contribution in [0.4, 0.5) is 21.8 Å². The Morgan fingerprint density at radius 2 is 1.48 bits per heavy atom. The molecule has 1 N–H and O–H groups in total. The lowest BCUT2D eigenvalue weighted by molar-refractivity contribution is 0.627. The van der Waals surface area contributed by atoms with Crippen LogP contribution in [0.15, 0.2) is 91.1 Å². The summed E-state index contributed by atoms with van der Waals surface area (Å²) in [4.78, 5) is 6.66.